The summed E-state index contributed by atoms with van der Waals surface area (Å²) in [7, 11) is 0. The van der Waals surface area contributed by atoms with Crippen LogP contribution in [-0.4, -0.2) is 65.6 Å². The molecule has 1 aromatic carbocycles. The van der Waals surface area contributed by atoms with E-state index in [1.807, 2.05) is 30.3 Å². The van der Waals surface area contributed by atoms with Crippen molar-refractivity contribution in [2.24, 2.45) is 0 Å². The van der Waals surface area contributed by atoms with Crippen molar-refractivity contribution in [1.29, 1.82) is 0 Å². The lowest BCUT2D eigenvalue weighted by Crippen LogP contribution is -2.48. The summed E-state index contributed by atoms with van der Waals surface area (Å²) in [6.07, 6.45) is 0.198. The van der Waals surface area contributed by atoms with E-state index in [0.717, 1.165) is 5.56 Å². The summed E-state index contributed by atoms with van der Waals surface area (Å²) < 4.78 is 5.22. The average molecular weight is 336 g/mol. The molecule has 1 saturated heterocycles. The number of amides is 2. The number of rotatable bonds is 6. The number of aliphatic hydroxyl groups is 1. The zero-order valence-corrected chi connectivity index (χ0v) is 13.6. The van der Waals surface area contributed by atoms with Crippen LogP contribution in [0.2, 0.25) is 0 Å². The second kappa shape index (κ2) is 9.24. The Hall–Kier alpha value is -2.12. The SMILES string of the molecule is O=C(O)CCC(Cc1ccccc1)NC(=O)N1CCOCC(O)C1. The Bertz CT molecular complexity index is 537. The predicted octanol–water partition coefficient (Wildman–Crippen LogP) is 0.865. The first kappa shape index (κ1) is 18.2. The fourth-order valence-corrected chi connectivity index (χ4v) is 2.66. The Morgan fingerprint density at radius 3 is 2.79 bits per heavy atom. The van der Waals surface area contributed by atoms with Crippen molar-refractivity contribution in [3.05, 3.63) is 35.9 Å². The van der Waals surface area contributed by atoms with Gasteiger partial charge in [0.15, 0.2) is 0 Å². The van der Waals surface area contributed by atoms with Crippen molar-refractivity contribution in [1.82, 2.24) is 10.2 Å². The van der Waals surface area contributed by atoms with Gasteiger partial charge in [-0.05, 0) is 18.4 Å². The van der Waals surface area contributed by atoms with Crippen LogP contribution in [0.1, 0.15) is 18.4 Å². The number of hydrogen-bond acceptors (Lipinski definition) is 4. The molecule has 0 spiro atoms. The molecule has 0 radical (unpaired) electrons. The average Bonchev–Trinajstić information content (AvgIpc) is 2.78. The van der Waals surface area contributed by atoms with Crippen molar-refractivity contribution in [2.75, 3.05) is 26.3 Å². The molecule has 1 fully saturated rings. The molecule has 1 aliphatic heterocycles. The standard InChI is InChI=1S/C17H24N2O5/c20-15-11-19(8-9-24-12-15)17(23)18-14(6-7-16(21)22)10-13-4-2-1-3-5-13/h1-5,14-15,20H,6-12H2,(H,18,23)(H,21,22). The number of carbonyl (C=O) groups excluding carboxylic acids is 1. The second-order valence-electron chi connectivity index (χ2n) is 5.94. The Morgan fingerprint density at radius 2 is 2.08 bits per heavy atom. The summed E-state index contributed by atoms with van der Waals surface area (Å²) in [4.78, 5) is 24.8. The monoisotopic (exact) mass is 336 g/mol. The minimum absolute atomic E-state index is 0.0104. The molecule has 2 atom stereocenters. The molecule has 1 heterocycles. The third-order valence-electron chi connectivity index (χ3n) is 3.89. The van der Waals surface area contributed by atoms with Crippen LogP contribution in [0.15, 0.2) is 30.3 Å². The first-order valence-electron chi connectivity index (χ1n) is 8.11. The van der Waals surface area contributed by atoms with Crippen LogP contribution in [-0.2, 0) is 16.0 Å². The maximum Gasteiger partial charge on any atom is 0.317 e. The Kier molecular flexibility index (Phi) is 7.02. The van der Waals surface area contributed by atoms with Gasteiger partial charge in [-0.3, -0.25) is 4.79 Å². The largest absolute Gasteiger partial charge is 0.481 e. The van der Waals surface area contributed by atoms with Crippen LogP contribution >= 0.6 is 0 Å². The molecular formula is C17H24N2O5. The number of urea groups is 1. The smallest absolute Gasteiger partial charge is 0.317 e. The summed E-state index contributed by atoms with van der Waals surface area (Å²) in [5.41, 5.74) is 1.03. The Labute approximate surface area is 141 Å². The minimum atomic E-state index is -0.888. The summed E-state index contributed by atoms with van der Waals surface area (Å²) in [5.74, 6) is -0.888. The van der Waals surface area contributed by atoms with Crippen LogP contribution in [0, 0.1) is 0 Å². The van der Waals surface area contributed by atoms with E-state index in [2.05, 4.69) is 5.32 Å². The third kappa shape index (κ3) is 6.17. The number of carboxylic acids is 1. The van der Waals surface area contributed by atoms with Gasteiger partial charge in [-0.2, -0.15) is 0 Å². The number of nitrogens with one attached hydrogen (secondary N) is 1. The van der Waals surface area contributed by atoms with Gasteiger partial charge in [0, 0.05) is 19.0 Å². The van der Waals surface area contributed by atoms with Crippen LogP contribution < -0.4 is 5.32 Å². The molecule has 0 aromatic heterocycles. The number of β-amino-alcohol motifs (C(OH)–C–C–N with tert-alkyl or cyclic N) is 1. The summed E-state index contributed by atoms with van der Waals surface area (Å²) in [6.45, 7) is 1.21. The van der Waals surface area contributed by atoms with Crippen molar-refractivity contribution in [3.63, 3.8) is 0 Å². The quantitative estimate of drug-likeness (QED) is 0.716. The molecule has 2 rings (SSSR count). The number of ether oxygens (including phenoxy) is 1. The predicted molar refractivity (Wildman–Crippen MR) is 87.7 cm³/mol. The maximum atomic E-state index is 12.4. The van der Waals surface area contributed by atoms with Gasteiger partial charge in [0.1, 0.15) is 0 Å². The third-order valence-corrected chi connectivity index (χ3v) is 3.89. The molecule has 24 heavy (non-hydrogen) atoms. The number of carbonyl (C=O) groups is 2. The highest BCUT2D eigenvalue weighted by molar-refractivity contribution is 5.75. The molecule has 2 unspecified atom stereocenters. The van der Waals surface area contributed by atoms with E-state index in [0.29, 0.717) is 26.0 Å². The number of aliphatic hydroxyl groups excluding tert-OH is 1. The fraction of sp³-hybridized carbons (Fsp3) is 0.529. The molecule has 2 amide bonds. The summed E-state index contributed by atoms with van der Waals surface area (Å²) in [6, 6.07) is 9.05. The molecule has 132 valence electrons. The van der Waals surface area contributed by atoms with E-state index in [1.165, 1.54) is 4.90 Å². The van der Waals surface area contributed by atoms with Gasteiger partial charge in [0.2, 0.25) is 0 Å². The molecule has 0 bridgehead atoms. The van der Waals surface area contributed by atoms with Crippen molar-refractivity contribution < 1.29 is 24.5 Å². The molecule has 7 heteroatoms. The number of nitrogens with zero attached hydrogens (tertiary/aromatic N) is 1. The topological polar surface area (TPSA) is 99.1 Å². The fourth-order valence-electron chi connectivity index (χ4n) is 2.66. The van der Waals surface area contributed by atoms with Crippen LogP contribution in [0.25, 0.3) is 0 Å². The molecule has 3 N–H and O–H groups in total. The first-order chi connectivity index (χ1) is 11.5. The highest BCUT2D eigenvalue weighted by atomic mass is 16.5. The van der Waals surface area contributed by atoms with Gasteiger partial charge in [0.25, 0.3) is 0 Å². The van der Waals surface area contributed by atoms with Crippen LogP contribution in [0.5, 0.6) is 0 Å². The Balaban J connectivity index is 1.97. The normalized spacial score (nSPS) is 19.4. The number of carboxylic acid groups (broad SMARTS) is 1. The molecule has 0 saturated carbocycles. The number of benzene rings is 1. The zero-order chi connectivity index (χ0) is 17.4. The van der Waals surface area contributed by atoms with Crippen molar-refractivity contribution in [2.45, 2.75) is 31.4 Å². The number of aliphatic carboxylic acids is 1. The molecule has 7 nitrogen and oxygen atoms in total. The Morgan fingerprint density at radius 1 is 1.33 bits per heavy atom. The van der Waals surface area contributed by atoms with Crippen LogP contribution in [0.4, 0.5) is 4.79 Å². The molecule has 0 aliphatic carbocycles. The highest BCUT2D eigenvalue weighted by Gasteiger charge is 2.23. The van der Waals surface area contributed by atoms with E-state index in [1.54, 1.807) is 0 Å². The van der Waals surface area contributed by atoms with Gasteiger partial charge < -0.3 is 25.2 Å². The summed E-state index contributed by atoms with van der Waals surface area (Å²) >= 11 is 0. The number of hydrogen-bond donors (Lipinski definition) is 3. The van der Waals surface area contributed by atoms with E-state index in [4.69, 9.17) is 9.84 Å². The molecular weight excluding hydrogens is 312 g/mol. The lowest BCUT2D eigenvalue weighted by atomic mass is 10.0. The van der Waals surface area contributed by atoms with Gasteiger partial charge >= 0.3 is 12.0 Å². The van der Waals surface area contributed by atoms with Gasteiger partial charge in [-0.1, -0.05) is 30.3 Å². The zero-order valence-electron chi connectivity index (χ0n) is 13.6. The van der Waals surface area contributed by atoms with E-state index < -0.39 is 12.1 Å². The van der Waals surface area contributed by atoms with E-state index in [9.17, 15) is 14.7 Å². The summed E-state index contributed by atoms with van der Waals surface area (Å²) in [5, 5.41) is 21.5. The maximum absolute atomic E-state index is 12.4. The molecule has 1 aromatic rings. The lowest BCUT2D eigenvalue weighted by Gasteiger charge is -2.26. The lowest BCUT2D eigenvalue weighted by molar-refractivity contribution is -0.137. The van der Waals surface area contributed by atoms with Gasteiger partial charge in [-0.15, -0.1) is 0 Å². The van der Waals surface area contributed by atoms with E-state index in [-0.39, 0.29) is 31.6 Å². The minimum Gasteiger partial charge on any atom is -0.481 e. The highest BCUT2D eigenvalue weighted by Crippen LogP contribution is 2.09. The van der Waals surface area contributed by atoms with Crippen molar-refractivity contribution in [3.8, 4) is 0 Å². The van der Waals surface area contributed by atoms with Crippen molar-refractivity contribution >= 4 is 12.0 Å². The van der Waals surface area contributed by atoms with Gasteiger partial charge in [-0.25, -0.2) is 4.79 Å². The first-order valence-corrected chi connectivity index (χ1v) is 8.11. The second-order valence-corrected chi connectivity index (χ2v) is 5.94. The molecule has 1 aliphatic rings. The van der Waals surface area contributed by atoms with E-state index >= 15 is 0 Å². The van der Waals surface area contributed by atoms with Gasteiger partial charge in [0.05, 0.1) is 25.9 Å². The van der Waals surface area contributed by atoms with Crippen LogP contribution in [0.3, 0.4) is 0 Å².